The number of rotatable bonds is 3. The van der Waals surface area contributed by atoms with Crippen molar-refractivity contribution < 1.29 is 13.5 Å². The zero-order valence-corrected chi connectivity index (χ0v) is 10.7. The van der Waals surface area contributed by atoms with Crippen LogP contribution in [-0.2, 0) is 0 Å². The van der Waals surface area contributed by atoms with Gasteiger partial charge in [0.2, 0.25) is 0 Å². The van der Waals surface area contributed by atoms with E-state index in [2.05, 4.69) is 0 Å². The van der Waals surface area contributed by atoms with E-state index in [1.54, 1.807) is 19.1 Å². The number of halogens is 2. The quantitative estimate of drug-likeness (QED) is 0.929. The molecule has 0 saturated carbocycles. The molecule has 0 bridgehead atoms. The number of para-hydroxylation sites is 1. The van der Waals surface area contributed by atoms with Gasteiger partial charge in [-0.1, -0.05) is 12.1 Å². The van der Waals surface area contributed by atoms with Gasteiger partial charge in [-0.15, -0.1) is 0 Å². The molecule has 3 nitrogen and oxygen atoms in total. The van der Waals surface area contributed by atoms with Crippen molar-refractivity contribution in [1.29, 1.82) is 5.26 Å². The molecule has 0 spiro atoms. The van der Waals surface area contributed by atoms with Crippen molar-refractivity contribution in [3.8, 4) is 17.6 Å². The number of hydrogen-bond donors (Lipinski definition) is 1. The number of hydrogen-bond acceptors (Lipinski definition) is 3. The number of nitrogens with two attached hydrogens (primary N) is 1. The van der Waals surface area contributed by atoms with Gasteiger partial charge in [0.1, 0.15) is 17.6 Å². The normalized spacial score (nSPS) is 11.8. The van der Waals surface area contributed by atoms with Crippen LogP contribution in [0.3, 0.4) is 0 Å². The van der Waals surface area contributed by atoms with E-state index in [9.17, 15) is 8.78 Å². The van der Waals surface area contributed by atoms with Crippen LogP contribution < -0.4 is 10.5 Å². The van der Waals surface area contributed by atoms with Crippen molar-refractivity contribution in [3.63, 3.8) is 0 Å². The minimum atomic E-state index is -0.719. The van der Waals surface area contributed by atoms with Gasteiger partial charge in [-0.05, 0) is 25.1 Å². The van der Waals surface area contributed by atoms with E-state index in [0.29, 0.717) is 5.56 Å². The number of benzene rings is 2. The highest BCUT2D eigenvalue weighted by Gasteiger charge is 2.14. The summed E-state index contributed by atoms with van der Waals surface area (Å²) in [6.07, 6.45) is 0. The van der Waals surface area contributed by atoms with Gasteiger partial charge in [0.25, 0.3) is 0 Å². The Bertz CT molecular complexity index is 678. The van der Waals surface area contributed by atoms with E-state index in [1.165, 1.54) is 24.3 Å². The van der Waals surface area contributed by atoms with Crippen LogP contribution in [0.4, 0.5) is 8.78 Å². The highest BCUT2D eigenvalue weighted by atomic mass is 19.1. The Morgan fingerprint density at radius 3 is 2.55 bits per heavy atom. The van der Waals surface area contributed by atoms with Gasteiger partial charge >= 0.3 is 0 Å². The van der Waals surface area contributed by atoms with Crippen molar-refractivity contribution in [2.45, 2.75) is 13.0 Å². The summed E-state index contributed by atoms with van der Waals surface area (Å²) >= 11 is 0. The van der Waals surface area contributed by atoms with Crippen LogP contribution in [0.2, 0.25) is 0 Å². The zero-order valence-electron chi connectivity index (χ0n) is 10.7. The number of nitrogens with zero attached hydrogens (tertiary/aromatic N) is 1. The van der Waals surface area contributed by atoms with Gasteiger partial charge in [-0.25, -0.2) is 8.78 Å². The predicted molar refractivity (Wildman–Crippen MR) is 70.2 cm³/mol. The molecule has 0 radical (unpaired) electrons. The van der Waals surface area contributed by atoms with Gasteiger partial charge < -0.3 is 10.5 Å². The maximum absolute atomic E-state index is 13.8. The van der Waals surface area contributed by atoms with E-state index >= 15 is 0 Å². The van der Waals surface area contributed by atoms with Crippen LogP contribution in [-0.4, -0.2) is 0 Å². The van der Waals surface area contributed by atoms with E-state index in [-0.39, 0.29) is 17.1 Å². The van der Waals surface area contributed by atoms with Gasteiger partial charge in [-0.3, -0.25) is 0 Å². The molecule has 2 rings (SSSR count). The average molecular weight is 274 g/mol. The first-order chi connectivity index (χ1) is 9.52. The lowest BCUT2D eigenvalue weighted by molar-refractivity contribution is 0.429. The Hall–Kier alpha value is -2.45. The van der Waals surface area contributed by atoms with Crippen LogP contribution in [0.25, 0.3) is 0 Å². The summed E-state index contributed by atoms with van der Waals surface area (Å²) in [6.45, 7) is 1.70. The zero-order chi connectivity index (χ0) is 14.7. The SMILES string of the molecule is CC(N)c1cccc(F)c1Oc1ccc(C#N)c(F)c1. The first-order valence-electron chi connectivity index (χ1n) is 5.94. The summed E-state index contributed by atoms with van der Waals surface area (Å²) in [6, 6.07) is 9.40. The molecule has 0 aromatic heterocycles. The summed E-state index contributed by atoms with van der Waals surface area (Å²) < 4.78 is 32.7. The maximum atomic E-state index is 13.8. The Kier molecular flexibility index (Phi) is 3.97. The summed E-state index contributed by atoms with van der Waals surface area (Å²) in [5, 5.41) is 8.65. The van der Waals surface area contributed by atoms with Crippen molar-refractivity contribution in [2.75, 3.05) is 0 Å². The molecule has 0 fully saturated rings. The molecular weight excluding hydrogens is 262 g/mol. The first kappa shape index (κ1) is 14.0. The van der Waals surface area contributed by atoms with Crippen LogP contribution in [0, 0.1) is 23.0 Å². The summed E-state index contributed by atoms with van der Waals surface area (Å²) in [5.41, 5.74) is 6.13. The summed E-state index contributed by atoms with van der Waals surface area (Å²) in [7, 11) is 0. The molecule has 0 aliphatic rings. The molecule has 0 saturated heterocycles. The van der Waals surface area contributed by atoms with Gasteiger partial charge in [-0.2, -0.15) is 5.26 Å². The third kappa shape index (κ3) is 2.76. The fraction of sp³-hybridized carbons (Fsp3) is 0.133. The van der Waals surface area contributed by atoms with Crippen LogP contribution >= 0.6 is 0 Å². The molecule has 2 aromatic carbocycles. The van der Waals surface area contributed by atoms with E-state index in [4.69, 9.17) is 15.7 Å². The third-order valence-corrected chi connectivity index (χ3v) is 2.77. The highest BCUT2D eigenvalue weighted by Crippen LogP contribution is 2.32. The van der Waals surface area contributed by atoms with Crippen molar-refractivity contribution in [1.82, 2.24) is 0 Å². The monoisotopic (exact) mass is 274 g/mol. The lowest BCUT2D eigenvalue weighted by Crippen LogP contribution is -2.07. The Morgan fingerprint density at radius 2 is 1.95 bits per heavy atom. The minimum Gasteiger partial charge on any atom is -0.454 e. The lowest BCUT2D eigenvalue weighted by atomic mass is 10.1. The molecule has 0 aliphatic carbocycles. The Balaban J connectivity index is 2.40. The van der Waals surface area contributed by atoms with Crippen LogP contribution in [0.15, 0.2) is 36.4 Å². The molecule has 2 N–H and O–H groups in total. The maximum Gasteiger partial charge on any atom is 0.167 e. The third-order valence-electron chi connectivity index (χ3n) is 2.77. The highest BCUT2D eigenvalue weighted by molar-refractivity contribution is 5.42. The van der Waals surface area contributed by atoms with Crippen molar-refractivity contribution in [3.05, 3.63) is 59.2 Å². The second-order valence-electron chi connectivity index (χ2n) is 4.30. The molecule has 5 heteroatoms. The van der Waals surface area contributed by atoms with Crippen LogP contribution in [0.5, 0.6) is 11.5 Å². The average Bonchev–Trinajstić information content (AvgIpc) is 2.41. The number of ether oxygens (including phenoxy) is 1. The van der Waals surface area contributed by atoms with E-state index in [1.807, 2.05) is 0 Å². The fourth-order valence-corrected chi connectivity index (χ4v) is 1.76. The minimum absolute atomic E-state index is 0.0355. The largest absolute Gasteiger partial charge is 0.454 e. The smallest absolute Gasteiger partial charge is 0.167 e. The molecule has 0 amide bonds. The fourth-order valence-electron chi connectivity index (χ4n) is 1.76. The van der Waals surface area contributed by atoms with Crippen molar-refractivity contribution in [2.24, 2.45) is 5.73 Å². The Labute approximate surface area is 115 Å². The molecule has 2 aromatic rings. The molecule has 20 heavy (non-hydrogen) atoms. The van der Waals surface area contributed by atoms with Gasteiger partial charge in [0.05, 0.1) is 5.56 Å². The van der Waals surface area contributed by atoms with Gasteiger partial charge in [0.15, 0.2) is 11.6 Å². The second kappa shape index (κ2) is 5.68. The number of nitriles is 1. The predicted octanol–water partition coefficient (Wildman–Crippen LogP) is 3.65. The van der Waals surface area contributed by atoms with Crippen LogP contribution in [0.1, 0.15) is 24.1 Å². The van der Waals surface area contributed by atoms with Crippen molar-refractivity contribution >= 4 is 0 Å². The van der Waals surface area contributed by atoms with E-state index < -0.39 is 17.7 Å². The molecule has 0 heterocycles. The molecule has 1 unspecified atom stereocenters. The Morgan fingerprint density at radius 1 is 1.20 bits per heavy atom. The molecule has 102 valence electrons. The molecular formula is C15H12F2N2O. The van der Waals surface area contributed by atoms with E-state index in [0.717, 1.165) is 6.07 Å². The lowest BCUT2D eigenvalue weighted by Gasteiger charge is -2.14. The van der Waals surface area contributed by atoms with Gasteiger partial charge in [0, 0.05) is 17.7 Å². The molecule has 1 atom stereocenters. The topological polar surface area (TPSA) is 59.0 Å². The summed E-state index contributed by atoms with van der Waals surface area (Å²) in [5.74, 6) is -1.23. The standard InChI is InChI=1S/C15H12F2N2O/c1-9(19)12-3-2-4-13(16)15(12)20-11-6-5-10(8-18)14(17)7-11/h2-7,9H,19H2,1H3. The summed E-state index contributed by atoms with van der Waals surface area (Å²) in [4.78, 5) is 0. The molecule has 0 aliphatic heterocycles. The second-order valence-corrected chi connectivity index (χ2v) is 4.30. The first-order valence-corrected chi connectivity index (χ1v) is 5.94.